The molecule has 5 rings (SSSR count). The van der Waals surface area contributed by atoms with Crippen molar-refractivity contribution in [3.05, 3.63) is 59.7 Å². The van der Waals surface area contributed by atoms with E-state index in [2.05, 4.69) is 29.6 Å². The van der Waals surface area contributed by atoms with Crippen molar-refractivity contribution >= 4 is 18.0 Å². The molecule has 1 unspecified atom stereocenters. The normalized spacial score (nSPS) is 18.5. The van der Waals surface area contributed by atoms with Crippen molar-refractivity contribution in [1.82, 2.24) is 10.2 Å². The van der Waals surface area contributed by atoms with E-state index in [1.165, 1.54) is 11.1 Å². The summed E-state index contributed by atoms with van der Waals surface area (Å²) in [7, 11) is 0. The van der Waals surface area contributed by atoms with Crippen LogP contribution in [0.1, 0.15) is 36.3 Å². The molecule has 7 heteroatoms. The van der Waals surface area contributed by atoms with E-state index >= 15 is 0 Å². The van der Waals surface area contributed by atoms with Crippen molar-refractivity contribution in [2.24, 2.45) is 17.8 Å². The van der Waals surface area contributed by atoms with E-state index in [1.54, 1.807) is 4.90 Å². The molecule has 1 aliphatic heterocycles. The number of fused-ring (bicyclic) bond motifs is 3. The summed E-state index contributed by atoms with van der Waals surface area (Å²) in [5.74, 6) is -1.51. The minimum atomic E-state index is -0.865. The number of carbonyl (C=O) groups is 3. The molecule has 0 bridgehead atoms. The van der Waals surface area contributed by atoms with Crippen molar-refractivity contribution in [2.45, 2.75) is 25.2 Å². The van der Waals surface area contributed by atoms with E-state index in [1.807, 2.05) is 24.3 Å². The third kappa shape index (κ3) is 4.08. The first-order valence-corrected chi connectivity index (χ1v) is 11.6. The molecule has 0 spiro atoms. The van der Waals surface area contributed by atoms with Crippen molar-refractivity contribution in [2.75, 3.05) is 26.2 Å². The van der Waals surface area contributed by atoms with Crippen LogP contribution in [0.4, 0.5) is 4.79 Å². The maximum atomic E-state index is 12.9. The molecule has 1 atom stereocenters. The highest BCUT2D eigenvalue weighted by atomic mass is 16.5. The van der Waals surface area contributed by atoms with Crippen LogP contribution >= 0.6 is 0 Å². The van der Waals surface area contributed by atoms with Crippen LogP contribution in [0.2, 0.25) is 0 Å². The molecule has 0 aromatic heterocycles. The third-order valence-electron chi connectivity index (χ3n) is 7.39. The van der Waals surface area contributed by atoms with Crippen LogP contribution in [-0.4, -0.2) is 54.2 Å². The lowest BCUT2D eigenvalue weighted by atomic mass is 9.74. The first-order valence-electron chi connectivity index (χ1n) is 11.6. The quantitative estimate of drug-likeness (QED) is 0.676. The largest absolute Gasteiger partial charge is 0.481 e. The van der Waals surface area contributed by atoms with Gasteiger partial charge in [0.05, 0.1) is 11.8 Å². The zero-order valence-corrected chi connectivity index (χ0v) is 18.4. The minimum Gasteiger partial charge on any atom is -0.481 e. The van der Waals surface area contributed by atoms with Crippen molar-refractivity contribution in [3.63, 3.8) is 0 Å². The number of likely N-dealkylation sites (tertiary alicyclic amines) is 1. The SMILES string of the molecule is O=C(NCC(C(=O)N1CC(C(=O)O)C1)C1CCC1)OCC1c2ccccc2-c2ccccc21. The van der Waals surface area contributed by atoms with Gasteiger partial charge in [-0.05, 0) is 41.0 Å². The zero-order valence-electron chi connectivity index (χ0n) is 18.4. The minimum absolute atomic E-state index is 0.0127. The Balaban J connectivity index is 1.18. The average molecular weight is 449 g/mol. The van der Waals surface area contributed by atoms with Gasteiger partial charge in [-0.3, -0.25) is 9.59 Å². The number of hydrogen-bond acceptors (Lipinski definition) is 4. The summed E-state index contributed by atoms with van der Waals surface area (Å²) < 4.78 is 5.60. The van der Waals surface area contributed by atoms with Gasteiger partial charge in [-0.15, -0.1) is 0 Å². The monoisotopic (exact) mass is 448 g/mol. The molecule has 1 heterocycles. The highest BCUT2D eigenvalue weighted by Gasteiger charge is 2.42. The molecule has 172 valence electrons. The Labute approximate surface area is 192 Å². The molecule has 2 amide bonds. The molecule has 33 heavy (non-hydrogen) atoms. The molecule has 1 saturated carbocycles. The highest BCUT2D eigenvalue weighted by molar-refractivity contribution is 5.84. The fourth-order valence-electron chi connectivity index (χ4n) is 5.19. The van der Waals surface area contributed by atoms with E-state index in [4.69, 9.17) is 9.84 Å². The number of nitrogens with zero attached hydrogens (tertiary/aromatic N) is 1. The summed E-state index contributed by atoms with van der Waals surface area (Å²) in [4.78, 5) is 38.1. The Morgan fingerprint density at radius 1 is 1.00 bits per heavy atom. The maximum Gasteiger partial charge on any atom is 0.407 e. The van der Waals surface area contributed by atoms with E-state index in [9.17, 15) is 14.4 Å². The molecule has 3 aliphatic rings. The number of nitrogens with one attached hydrogen (secondary N) is 1. The van der Waals surface area contributed by atoms with Crippen LogP contribution in [0.3, 0.4) is 0 Å². The second-order valence-electron chi connectivity index (χ2n) is 9.28. The summed E-state index contributed by atoms with van der Waals surface area (Å²) in [6.45, 7) is 0.952. The topological polar surface area (TPSA) is 95.9 Å². The third-order valence-corrected chi connectivity index (χ3v) is 7.39. The zero-order chi connectivity index (χ0) is 22.9. The number of aliphatic carboxylic acids is 1. The summed E-state index contributed by atoms with van der Waals surface area (Å²) in [6, 6.07) is 16.4. The fourth-order valence-corrected chi connectivity index (χ4v) is 5.19. The van der Waals surface area contributed by atoms with Gasteiger partial charge in [-0.25, -0.2) is 4.79 Å². The summed E-state index contributed by atoms with van der Waals surface area (Å²) in [5, 5.41) is 11.9. The molecule has 0 radical (unpaired) electrons. The molecular weight excluding hydrogens is 420 g/mol. The standard InChI is InChI=1S/C26H28N2O5/c29-24(28-13-17(14-28)25(30)31)22(16-6-5-7-16)12-27-26(32)33-15-23-20-10-3-1-8-18(20)19-9-2-4-11-21(19)23/h1-4,8-11,16-17,22-23H,5-7,12-15H2,(H,27,32)(H,30,31). The molecule has 2 aliphatic carbocycles. The summed E-state index contributed by atoms with van der Waals surface area (Å²) >= 11 is 0. The van der Waals surface area contributed by atoms with E-state index in [0.717, 1.165) is 30.4 Å². The number of ether oxygens (including phenoxy) is 1. The van der Waals surface area contributed by atoms with Gasteiger partial charge in [0, 0.05) is 25.6 Å². The Morgan fingerprint density at radius 3 is 2.15 bits per heavy atom. The van der Waals surface area contributed by atoms with Crippen LogP contribution in [0, 0.1) is 17.8 Å². The molecule has 2 aromatic rings. The van der Waals surface area contributed by atoms with Crippen LogP contribution in [-0.2, 0) is 14.3 Å². The maximum absolute atomic E-state index is 12.9. The van der Waals surface area contributed by atoms with Gasteiger partial charge in [-0.1, -0.05) is 55.0 Å². The van der Waals surface area contributed by atoms with Gasteiger partial charge in [0.25, 0.3) is 0 Å². The first kappa shape index (κ1) is 21.5. The van der Waals surface area contributed by atoms with Gasteiger partial charge >= 0.3 is 12.1 Å². The van der Waals surface area contributed by atoms with Crippen LogP contribution < -0.4 is 5.32 Å². The van der Waals surface area contributed by atoms with Crippen molar-refractivity contribution < 1.29 is 24.2 Å². The van der Waals surface area contributed by atoms with Crippen LogP contribution in [0.5, 0.6) is 0 Å². The van der Waals surface area contributed by atoms with E-state index in [-0.39, 0.29) is 49.9 Å². The second kappa shape index (κ2) is 8.89. The smallest absolute Gasteiger partial charge is 0.407 e. The first-order chi connectivity index (χ1) is 16.0. The lowest BCUT2D eigenvalue weighted by Crippen LogP contribution is -2.57. The van der Waals surface area contributed by atoms with Crippen molar-refractivity contribution in [1.29, 1.82) is 0 Å². The Hall–Kier alpha value is -3.35. The highest BCUT2D eigenvalue weighted by Crippen LogP contribution is 2.44. The van der Waals surface area contributed by atoms with Crippen LogP contribution in [0.15, 0.2) is 48.5 Å². The van der Waals surface area contributed by atoms with Gasteiger partial charge in [0.1, 0.15) is 6.61 Å². The lowest BCUT2D eigenvalue weighted by molar-refractivity contribution is -0.155. The number of rotatable bonds is 7. The molecule has 1 saturated heterocycles. The van der Waals surface area contributed by atoms with Gasteiger partial charge in [0.15, 0.2) is 0 Å². The summed E-state index contributed by atoms with van der Waals surface area (Å²) in [5.41, 5.74) is 4.65. The number of amides is 2. The Kier molecular flexibility index (Phi) is 5.79. The molecule has 2 fully saturated rings. The van der Waals surface area contributed by atoms with Gasteiger partial charge in [-0.2, -0.15) is 0 Å². The van der Waals surface area contributed by atoms with Gasteiger partial charge in [0.2, 0.25) is 5.91 Å². The average Bonchev–Trinajstić information content (AvgIpc) is 3.06. The molecule has 2 N–H and O–H groups in total. The number of carbonyl (C=O) groups excluding carboxylic acids is 2. The molecular formula is C26H28N2O5. The Bertz CT molecular complexity index is 1030. The number of carboxylic acids is 1. The van der Waals surface area contributed by atoms with Gasteiger partial charge < -0.3 is 20.1 Å². The van der Waals surface area contributed by atoms with Crippen LogP contribution in [0.25, 0.3) is 11.1 Å². The fraction of sp³-hybridized carbons (Fsp3) is 0.423. The predicted octanol–water partition coefficient (Wildman–Crippen LogP) is 3.48. The lowest BCUT2D eigenvalue weighted by Gasteiger charge is -2.42. The number of hydrogen-bond donors (Lipinski definition) is 2. The Morgan fingerprint density at radius 2 is 1.61 bits per heavy atom. The predicted molar refractivity (Wildman–Crippen MR) is 122 cm³/mol. The summed E-state index contributed by atoms with van der Waals surface area (Å²) in [6.07, 6.45) is 2.47. The number of carboxylic acid groups (broad SMARTS) is 1. The van der Waals surface area contributed by atoms with E-state index in [0.29, 0.717) is 0 Å². The number of alkyl carbamates (subject to hydrolysis) is 1. The molecule has 7 nitrogen and oxygen atoms in total. The number of benzene rings is 2. The van der Waals surface area contributed by atoms with Crippen molar-refractivity contribution in [3.8, 4) is 11.1 Å². The second-order valence-corrected chi connectivity index (χ2v) is 9.28. The molecule has 2 aromatic carbocycles. The van der Waals surface area contributed by atoms with E-state index < -0.39 is 18.0 Å².